The molecule has 1 saturated carbocycles. The van der Waals surface area contributed by atoms with Gasteiger partial charge in [-0.25, -0.2) is 4.39 Å². The smallest absolute Gasteiger partial charge is 0.126 e. The molecule has 70 valence electrons. The first-order valence-electron chi connectivity index (χ1n) is 4.63. The van der Waals surface area contributed by atoms with E-state index in [1.807, 2.05) is 13.0 Å². The van der Waals surface area contributed by atoms with Gasteiger partial charge in [0.05, 0.1) is 0 Å². The second-order valence-corrected chi connectivity index (χ2v) is 4.13. The Hall–Kier alpha value is -0.890. The number of rotatable bonds is 2. The standard InChI is InChI=1S/C11H14FN/c1-8-2-3-10(12)9(6-8)7-11(13)4-5-11/h2-3,6H,4-5,7,13H2,1H3. The van der Waals surface area contributed by atoms with Gasteiger partial charge in [-0.15, -0.1) is 0 Å². The Bertz CT molecular complexity index is 329. The fourth-order valence-corrected chi connectivity index (χ4v) is 1.56. The highest BCUT2D eigenvalue weighted by Crippen LogP contribution is 2.36. The van der Waals surface area contributed by atoms with Crippen LogP contribution in [0.2, 0.25) is 0 Å². The van der Waals surface area contributed by atoms with E-state index in [1.54, 1.807) is 6.07 Å². The lowest BCUT2D eigenvalue weighted by Gasteiger charge is -2.09. The molecule has 1 aromatic carbocycles. The molecule has 0 aliphatic heterocycles. The molecule has 0 radical (unpaired) electrons. The first kappa shape index (κ1) is 8.70. The Morgan fingerprint density at radius 2 is 2.15 bits per heavy atom. The van der Waals surface area contributed by atoms with Gasteiger partial charge < -0.3 is 5.73 Å². The zero-order valence-electron chi connectivity index (χ0n) is 7.81. The van der Waals surface area contributed by atoms with Crippen molar-refractivity contribution in [2.45, 2.75) is 31.7 Å². The summed E-state index contributed by atoms with van der Waals surface area (Å²) in [5.41, 5.74) is 7.69. The van der Waals surface area contributed by atoms with E-state index in [0.717, 1.165) is 24.0 Å². The van der Waals surface area contributed by atoms with E-state index in [1.165, 1.54) is 6.07 Å². The van der Waals surface area contributed by atoms with Crippen molar-refractivity contribution in [3.63, 3.8) is 0 Å². The van der Waals surface area contributed by atoms with Gasteiger partial charge in [-0.3, -0.25) is 0 Å². The first-order valence-corrected chi connectivity index (χ1v) is 4.63. The Balaban J connectivity index is 2.23. The van der Waals surface area contributed by atoms with Crippen molar-refractivity contribution in [1.82, 2.24) is 0 Å². The number of hydrogen-bond donors (Lipinski definition) is 1. The SMILES string of the molecule is Cc1ccc(F)c(CC2(N)CC2)c1. The fourth-order valence-electron chi connectivity index (χ4n) is 1.56. The van der Waals surface area contributed by atoms with Crippen LogP contribution in [0.15, 0.2) is 18.2 Å². The van der Waals surface area contributed by atoms with E-state index >= 15 is 0 Å². The third-order valence-electron chi connectivity index (χ3n) is 2.64. The van der Waals surface area contributed by atoms with Gasteiger partial charge in [0.2, 0.25) is 0 Å². The summed E-state index contributed by atoms with van der Waals surface area (Å²) in [6.07, 6.45) is 2.74. The number of aryl methyl sites for hydroxylation is 1. The lowest BCUT2D eigenvalue weighted by molar-refractivity contribution is 0.582. The normalized spacial score (nSPS) is 18.7. The predicted molar refractivity (Wildman–Crippen MR) is 51.0 cm³/mol. The number of hydrogen-bond acceptors (Lipinski definition) is 1. The number of nitrogens with two attached hydrogens (primary N) is 1. The molecule has 0 aromatic heterocycles. The van der Waals surface area contributed by atoms with E-state index in [2.05, 4.69) is 0 Å². The minimum absolute atomic E-state index is 0.103. The topological polar surface area (TPSA) is 26.0 Å². The van der Waals surface area contributed by atoms with Gasteiger partial charge in [0.25, 0.3) is 0 Å². The van der Waals surface area contributed by atoms with Gasteiger partial charge in [-0.05, 0) is 37.8 Å². The Kier molecular flexibility index (Phi) is 1.88. The van der Waals surface area contributed by atoms with Crippen molar-refractivity contribution in [1.29, 1.82) is 0 Å². The molecule has 0 bridgehead atoms. The molecular formula is C11H14FN. The van der Waals surface area contributed by atoms with Crippen LogP contribution in [0.4, 0.5) is 4.39 Å². The zero-order valence-corrected chi connectivity index (χ0v) is 7.81. The summed E-state index contributed by atoms with van der Waals surface area (Å²) in [6, 6.07) is 5.20. The van der Waals surface area contributed by atoms with Crippen LogP contribution in [-0.4, -0.2) is 5.54 Å². The lowest BCUT2D eigenvalue weighted by atomic mass is 10.0. The van der Waals surface area contributed by atoms with Gasteiger partial charge in [0, 0.05) is 5.54 Å². The van der Waals surface area contributed by atoms with Crippen LogP contribution in [0.1, 0.15) is 24.0 Å². The second kappa shape index (κ2) is 2.81. The molecule has 0 amide bonds. The maximum absolute atomic E-state index is 13.3. The van der Waals surface area contributed by atoms with E-state index in [0.29, 0.717) is 6.42 Å². The van der Waals surface area contributed by atoms with Crippen molar-refractivity contribution in [2.24, 2.45) is 5.73 Å². The quantitative estimate of drug-likeness (QED) is 0.739. The molecule has 13 heavy (non-hydrogen) atoms. The highest BCUT2D eigenvalue weighted by atomic mass is 19.1. The van der Waals surface area contributed by atoms with Gasteiger partial charge in [0.1, 0.15) is 5.82 Å². The molecule has 0 atom stereocenters. The largest absolute Gasteiger partial charge is 0.325 e. The van der Waals surface area contributed by atoms with Crippen LogP contribution >= 0.6 is 0 Å². The summed E-state index contributed by atoms with van der Waals surface area (Å²) in [7, 11) is 0. The van der Waals surface area contributed by atoms with Crippen LogP contribution in [0, 0.1) is 12.7 Å². The average Bonchev–Trinajstić information content (AvgIpc) is 2.76. The third kappa shape index (κ3) is 1.89. The van der Waals surface area contributed by atoms with Gasteiger partial charge in [-0.2, -0.15) is 0 Å². The summed E-state index contributed by atoms with van der Waals surface area (Å²) >= 11 is 0. The summed E-state index contributed by atoms with van der Waals surface area (Å²) in [4.78, 5) is 0. The lowest BCUT2D eigenvalue weighted by Crippen LogP contribution is -2.25. The molecule has 1 aromatic rings. The Labute approximate surface area is 77.8 Å². The molecule has 0 saturated heterocycles. The van der Waals surface area contributed by atoms with Crippen molar-refractivity contribution in [2.75, 3.05) is 0 Å². The number of benzene rings is 1. The van der Waals surface area contributed by atoms with Crippen molar-refractivity contribution in [3.05, 3.63) is 35.1 Å². The average molecular weight is 179 g/mol. The van der Waals surface area contributed by atoms with E-state index in [-0.39, 0.29) is 11.4 Å². The zero-order chi connectivity index (χ0) is 9.47. The third-order valence-corrected chi connectivity index (χ3v) is 2.64. The van der Waals surface area contributed by atoms with E-state index in [4.69, 9.17) is 5.73 Å². The second-order valence-electron chi connectivity index (χ2n) is 4.13. The Morgan fingerprint density at radius 3 is 2.77 bits per heavy atom. The van der Waals surface area contributed by atoms with Crippen LogP contribution in [0.25, 0.3) is 0 Å². The predicted octanol–water partition coefficient (Wildman–Crippen LogP) is 2.17. The van der Waals surface area contributed by atoms with Crippen LogP contribution in [0.5, 0.6) is 0 Å². The molecule has 0 spiro atoms. The highest BCUT2D eigenvalue weighted by Gasteiger charge is 2.38. The van der Waals surface area contributed by atoms with E-state index < -0.39 is 0 Å². The number of halogens is 1. The molecule has 1 aliphatic carbocycles. The molecule has 1 aliphatic rings. The molecule has 2 rings (SSSR count). The molecule has 1 nitrogen and oxygen atoms in total. The van der Waals surface area contributed by atoms with Crippen molar-refractivity contribution >= 4 is 0 Å². The maximum atomic E-state index is 13.3. The molecule has 1 fully saturated rings. The summed E-state index contributed by atoms with van der Waals surface area (Å²) in [6.45, 7) is 1.97. The summed E-state index contributed by atoms with van der Waals surface area (Å²) in [5, 5.41) is 0. The van der Waals surface area contributed by atoms with Crippen LogP contribution < -0.4 is 5.73 Å². The van der Waals surface area contributed by atoms with Crippen LogP contribution in [0.3, 0.4) is 0 Å². The highest BCUT2D eigenvalue weighted by molar-refractivity contribution is 5.27. The fraction of sp³-hybridized carbons (Fsp3) is 0.455. The first-order chi connectivity index (χ1) is 6.09. The van der Waals surface area contributed by atoms with Gasteiger partial charge >= 0.3 is 0 Å². The van der Waals surface area contributed by atoms with Gasteiger partial charge in [-0.1, -0.05) is 17.7 Å². The molecular weight excluding hydrogens is 165 g/mol. The molecule has 2 N–H and O–H groups in total. The maximum Gasteiger partial charge on any atom is 0.126 e. The summed E-state index contributed by atoms with van der Waals surface area (Å²) in [5.74, 6) is -0.123. The molecule has 0 unspecified atom stereocenters. The Morgan fingerprint density at radius 1 is 1.46 bits per heavy atom. The van der Waals surface area contributed by atoms with Crippen molar-refractivity contribution < 1.29 is 4.39 Å². The van der Waals surface area contributed by atoms with E-state index in [9.17, 15) is 4.39 Å². The summed E-state index contributed by atoms with van der Waals surface area (Å²) < 4.78 is 13.3. The van der Waals surface area contributed by atoms with Gasteiger partial charge in [0.15, 0.2) is 0 Å². The molecule has 2 heteroatoms. The molecule has 0 heterocycles. The van der Waals surface area contributed by atoms with Crippen molar-refractivity contribution in [3.8, 4) is 0 Å². The minimum atomic E-state index is -0.123. The monoisotopic (exact) mass is 179 g/mol. The minimum Gasteiger partial charge on any atom is -0.325 e. The van der Waals surface area contributed by atoms with Crippen LogP contribution in [-0.2, 0) is 6.42 Å².